The maximum Gasteiger partial charge on any atom is 0.306 e. The largest absolute Gasteiger partial charge is 0.462 e. The van der Waals surface area contributed by atoms with Crippen LogP contribution in [-0.4, -0.2) is 37.2 Å². The maximum atomic E-state index is 12.9. The minimum atomic E-state index is -0.814. The number of rotatable bonds is 58. The van der Waals surface area contributed by atoms with E-state index in [-0.39, 0.29) is 31.1 Å². The number of hydrogen-bond donors (Lipinski definition) is 0. The van der Waals surface area contributed by atoms with Gasteiger partial charge in [0.05, 0.1) is 0 Å². The second-order valence-corrected chi connectivity index (χ2v) is 21.3. The number of carbonyl (C=O) groups is 3. The van der Waals surface area contributed by atoms with Crippen LogP contribution in [0.15, 0.2) is 170 Å². The third kappa shape index (κ3) is 65.6. The van der Waals surface area contributed by atoms with Crippen molar-refractivity contribution in [3.05, 3.63) is 170 Å². The second kappa shape index (κ2) is 68.3. The van der Waals surface area contributed by atoms with Gasteiger partial charge in [-0.1, -0.05) is 268 Å². The summed E-state index contributed by atoms with van der Waals surface area (Å²) in [5, 5.41) is 0. The minimum absolute atomic E-state index is 0.107. The van der Waals surface area contributed by atoms with Crippen LogP contribution in [0.3, 0.4) is 0 Å². The molecule has 0 aliphatic heterocycles. The van der Waals surface area contributed by atoms with Gasteiger partial charge < -0.3 is 14.2 Å². The molecule has 0 saturated carbocycles. The molecule has 0 spiro atoms. The van der Waals surface area contributed by atoms with Crippen LogP contribution in [0.5, 0.6) is 0 Å². The summed E-state index contributed by atoms with van der Waals surface area (Å²) < 4.78 is 16.9. The molecule has 0 aromatic rings. The van der Waals surface area contributed by atoms with Gasteiger partial charge in [-0.3, -0.25) is 14.4 Å². The highest BCUT2D eigenvalue weighted by Crippen LogP contribution is 2.14. The Kier molecular flexibility index (Phi) is 63.9. The molecule has 6 nitrogen and oxygen atoms in total. The normalized spacial score (nSPS) is 13.3. The van der Waals surface area contributed by atoms with E-state index in [2.05, 4.69) is 191 Å². The van der Waals surface area contributed by atoms with Crippen LogP contribution in [0.4, 0.5) is 0 Å². The van der Waals surface area contributed by atoms with Crippen molar-refractivity contribution < 1.29 is 28.6 Å². The molecular formula is C76H120O6. The molecule has 82 heavy (non-hydrogen) atoms. The van der Waals surface area contributed by atoms with E-state index >= 15 is 0 Å². The molecule has 1 unspecified atom stereocenters. The fourth-order valence-electron chi connectivity index (χ4n) is 8.54. The smallest absolute Gasteiger partial charge is 0.306 e. The first-order valence-electron chi connectivity index (χ1n) is 33.1. The van der Waals surface area contributed by atoms with E-state index in [1.807, 2.05) is 0 Å². The van der Waals surface area contributed by atoms with Gasteiger partial charge in [0.25, 0.3) is 0 Å². The Hall–Kier alpha value is -5.23. The van der Waals surface area contributed by atoms with Gasteiger partial charge in [0.15, 0.2) is 6.10 Å². The third-order valence-corrected chi connectivity index (χ3v) is 13.4. The fourth-order valence-corrected chi connectivity index (χ4v) is 8.54. The van der Waals surface area contributed by atoms with Crippen LogP contribution < -0.4 is 0 Å². The number of esters is 3. The molecule has 0 fully saturated rings. The van der Waals surface area contributed by atoms with Gasteiger partial charge >= 0.3 is 17.9 Å². The van der Waals surface area contributed by atoms with Crippen molar-refractivity contribution in [1.82, 2.24) is 0 Å². The topological polar surface area (TPSA) is 78.9 Å². The Morgan fingerprint density at radius 2 is 0.476 bits per heavy atom. The lowest BCUT2D eigenvalue weighted by Gasteiger charge is -2.18. The Bertz CT molecular complexity index is 1870. The van der Waals surface area contributed by atoms with Gasteiger partial charge in [-0.25, -0.2) is 0 Å². The summed E-state index contributed by atoms with van der Waals surface area (Å²) in [4.78, 5) is 38.4. The molecule has 0 rings (SSSR count). The minimum Gasteiger partial charge on any atom is -0.462 e. The van der Waals surface area contributed by atoms with Crippen LogP contribution in [0, 0.1) is 0 Å². The van der Waals surface area contributed by atoms with E-state index in [1.54, 1.807) is 0 Å². The van der Waals surface area contributed by atoms with Crippen molar-refractivity contribution in [2.45, 2.75) is 277 Å². The molecule has 0 bridgehead atoms. The number of ether oxygens (including phenoxy) is 3. The summed E-state index contributed by atoms with van der Waals surface area (Å²) in [7, 11) is 0. The van der Waals surface area contributed by atoms with Crippen molar-refractivity contribution in [2.75, 3.05) is 13.2 Å². The van der Waals surface area contributed by atoms with E-state index in [0.29, 0.717) is 19.3 Å². The third-order valence-electron chi connectivity index (χ3n) is 13.4. The maximum absolute atomic E-state index is 12.9. The summed E-state index contributed by atoms with van der Waals surface area (Å²) >= 11 is 0. The highest BCUT2D eigenvalue weighted by Gasteiger charge is 2.19. The van der Waals surface area contributed by atoms with Crippen LogP contribution in [0.2, 0.25) is 0 Å². The van der Waals surface area contributed by atoms with Crippen LogP contribution in [0.1, 0.15) is 271 Å². The lowest BCUT2D eigenvalue weighted by Crippen LogP contribution is -2.30. The molecule has 460 valence electrons. The average Bonchev–Trinajstić information content (AvgIpc) is 3.47. The molecule has 1 atom stereocenters. The first-order valence-corrected chi connectivity index (χ1v) is 33.1. The summed E-state index contributed by atoms with van der Waals surface area (Å²) in [5.74, 6) is -0.961. The molecule has 0 N–H and O–H groups in total. The zero-order valence-electron chi connectivity index (χ0n) is 52.7. The van der Waals surface area contributed by atoms with Crippen molar-refractivity contribution >= 4 is 17.9 Å². The highest BCUT2D eigenvalue weighted by molar-refractivity contribution is 5.71. The molecule has 0 saturated heterocycles. The summed E-state index contributed by atoms with van der Waals surface area (Å²) in [6.45, 7) is 6.35. The van der Waals surface area contributed by atoms with Gasteiger partial charge in [-0.2, -0.15) is 0 Å². The predicted molar refractivity (Wildman–Crippen MR) is 357 cm³/mol. The van der Waals surface area contributed by atoms with Gasteiger partial charge in [-0.05, 0) is 154 Å². The molecule has 0 aliphatic carbocycles. The Balaban J connectivity index is 4.50. The molecule has 0 amide bonds. The Labute approximate surface area is 504 Å². The van der Waals surface area contributed by atoms with Crippen molar-refractivity contribution in [3.8, 4) is 0 Å². The quantitative estimate of drug-likeness (QED) is 0.0261. The van der Waals surface area contributed by atoms with Gasteiger partial charge in [0.2, 0.25) is 0 Å². The molecule has 0 heterocycles. The number of allylic oxidation sites excluding steroid dienone is 28. The van der Waals surface area contributed by atoms with Gasteiger partial charge in [-0.15, -0.1) is 0 Å². The summed E-state index contributed by atoms with van der Waals surface area (Å²) in [5.41, 5.74) is 0. The zero-order chi connectivity index (χ0) is 59.2. The Morgan fingerprint density at radius 1 is 0.256 bits per heavy atom. The van der Waals surface area contributed by atoms with Gasteiger partial charge in [0.1, 0.15) is 13.2 Å². The van der Waals surface area contributed by atoms with Crippen LogP contribution in [0.25, 0.3) is 0 Å². The number of unbranched alkanes of at least 4 members (excludes halogenated alkanes) is 19. The van der Waals surface area contributed by atoms with Crippen molar-refractivity contribution in [1.29, 1.82) is 0 Å². The molecule has 0 aromatic carbocycles. The lowest BCUT2D eigenvalue weighted by atomic mass is 10.1. The zero-order valence-corrected chi connectivity index (χ0v) is 52.7. The molecule has 0 radical (unpaired) electrons. The van der Waals surface area contributed by atoms with E-state index < -0.39 is 6.10 Å². The summed E-state index contributed by atoms with van der Waals surface area (Å²) in [6.07, 6.45) is 101. The van der Waals surface area contributed by atoms with E-state index in [1.165, 1.54) is 32.1 Å². The summed E-state index contributed by atoms with van der Waals surface area (Å²) in [6, 6.07) is 0. The predicted octanol–water partition coefficient (Wildman–Crippen LogP) is 23.0. The lowest BCUT2D eigenvalue weighted by molar-refractivity contribution is -0.167. The van der Waals surface area contributed by atoms with E-state index in [9.17, 15) is 14.4 Å². The molecule has 0 aromatic heterocycles. The first-order chi connectivity index (χ1) is 40.5. The van der Waals surface area contributed by atoms with E-state index in [0.717, 1.165) is 199 Å². The SMILES string of the molecule is CC/C=C\C/C=C\C/C=C\C/C=C\C/C=C\C/C=C\C/C=C\CCCCCCCC(=O)OCC(COC(=O)CCCCCCC/C=C\C/C=C\CCCCCC)OC(=O)CCCCCCC/C=C\C/C=C\C/C=C\C/C=C\C/C=C\CC. The van der Waals surface area contributed by atoms with Crippen LogP contribution >= 0.6 is 0 Å². The fraction of sp³-hybridized carbons (Fsp3) is 0.592. The number of hydrogen-bond acceptors (Lipinski definition) is 6. The van der Waals surface area contributed by atoms with Crippen molar-refractivity contribution in [2.24, 2.45) is 0 Å². The standard InChI is InChI=1S/C76H120O6/c1-4-7-10-13-16-19-22-25-28-31-33-35-36-37-38-39-40-42-43-45-48-51-54-57-60-63-66-69-75(78)81-72-73(71-80-74(77)68-65-62-59-56-53-50-47-30-27-24-21-18-15-12-9-6-3)82-76(79)70-67-64-61-58-55-52-49-46-44-41-34-32-29-26-23-20-17-14-11-8-5-2/h7-8,10-11,16-17,19-21,24-26,28-30,33-35,37-38,40-42,45-49,73H,4-6,9,12-15,18,22-23,27,31-32,36,39,43-44,50-72H2,1-3H3/b10-7-,11-8-,19-16-,20-17-,24-21-,28-25-,29-26-,35-33-,38-37-,41-34-,42-40-,47-30-,48-45-,49-46-. The molecular weight excluding hydrogens is 1010 g/mol. The highest BCUT2D eigenvalue weighted by atomic mass is 16.6. The average molecular weight is 1130 g/mol. The second-order valence-electron chi connectivity index (χ2n) is 21.3. The molecule has 6 heteroatoms. The molecule has 0 aliphatic rings. The number of carbonyl (C=O) groups excluding carboxylic acids is 3. The van der Waals surface area contributed by atoms with Crippen molar-refractivity contribution in [3.63, 3.8) is 0 Å². The monoisotopic (exact) mass is 1130 g/mol. The van der Waals surface area contributed by atoms with E-state index in [4.69, 9.17) is 14.2 Å². The Morgan fingerprint density at radius 3 is 0.744 bits per heavy atom. The van der Waals surface area contributed by atoms with Crippen LogP contribution in [-0.2, 0) is 28.6 Å². The van der Waals surface area contributed by atoms with Gasteiger partial charge in [0, 0.05) is 19.3 Å². The first kappa shape index (κ1) is 76.8.